The Bertz CT molecular complexity index is 1390. The highest BCUT2D eigenvalue weighted by Gasteiger charge is 2.42. The van der Waals surface area contributed by atoms with E-state index in [0.29, 0.717) is 44.5 Å². The van der Waals surface area contributed by atoms with Gasteiger partial charge in [0, 0.05) is 73.1 Å². The first-order chi connectivity index (χ1) is 18.7. The lowest BCUT2D eigenvalue weighted by Crippen LogP contribution is -2.48. The molecule has 210 valence electrons. The Morgan fingerprint density at radius 3 is 2.41 bits per heavy atom. The fourth-order valence-electron chi connectivity index (χ4n) is 7.08. The zero-order chi connectivity index (χ0) is 27.9. The summed E-state index contributed by atoms with van der Waals surface area (Å²) >= 11 is 0. The summed E-state index contributed by atoms with van der Waals surface area (Å²) in [7, 11) is -2.72. The summed E-state index contributed by atoms with van der Waals surface area (Å²) in [5.74, 6) is -0.295. The molecule has 0 saturated carbocycles. The Hall–Kier alpha value is -2.62. The summed E-state index contributed by atoms with van der Waals surface area (Å²) in [4.78, 5) is 30.8. The first kappa shape index (κ1) is 27.9. The fourth-order valence-corrected chi connectivity index (χ4v) is 10.6. The third-order valence-corrected chi connectivity index (χ3v) is 13.2. The van der Waals surface area contributed by atoms with Gasteiger partial charge in [0.2, 0.25) is 0 Å². The van der Waals surface area contributed by atoms with Crippen molar-refractivity contribution in [2.75, 3.05) is 37.6 Å². The van der Waals surface area contributed by atoms with Gasteiger partial charge >= 0.3 is 5.63 Å². The van der Waals surface area contributed by atoms with Crippen molar-refractivity contribution in [2.24, 2.45) is 0 Å². The van der Waals surface area contributed by atoms with Crippen molar-refractivity contribution in [3.05, 3.63) is 39.2 Å². The Balaban J connectivity index is 1.38. The second kappa shape index (κ2) is 11.1. The summed E-state index contributed by atoms with van der Waals surface area (Å²) < 4.78 is 22.1. The summed E-state index contributed by atoms with van der Waals surface area (Å²) in [5.41, 5.74) is 3.77. The third kappa shape index (κ3) is 4.93. The number of nitrogens with zero attached hydrogens (tertiary/aromatic N) is 4. The maximum Gasteiger partial charge on any atom is 0.349 e. The van der Waals surface area contributed by atoms with Gasteiger partial charge in [-0.25, -0.2) is 9.46 Å². The summed E-state index contributed by atoms with van der Waals surface area (Å²) in [6, 6.07) is 6.10. The van der Waals surface area contributed by atoms with Crippen molar-refractivity contribution < 1.29 is 13.8 Å². The molecule has 1 amide bonds. The predicted octanol–water partition coefficient (Wildman–Crippen LogP) is 5.41. The molecule has 1 fully saturated rings. The molecule has 0 bridgehead atoms. The van der Waals surface area contributed by atoms with Crippen LogP contribution < -0.4 is 10.5 Å². The summed E-state index contributed by atoms with van der Waals surface area (Å²) in [5, 5.41) is 10.1. The fraction of sp³-hybridized carbons (Fsp3) is 0.633. The molecule has 1 aromatic heterocycles. The van der Waals surface area contributed by atoms with Crippen LogP contribution in [0.5, 0.6) is 0 Å². The number of carbonyl (C=O) groups excluding carboxylic acids is 1. The zero-order valence-corrected chi connectivity index (χ0v) is 24.6. The van der Waals surface area contributed by atoms with E-state index in [0.717, 1.165) is 49.7 Å². The van der Waals surface area contributed by atoms with Gasteiger partial charge < -0.3 is 18.8 Å². The second-order valence-electron chi connectivity index (χ2n) is 11.9. The maximum atomic E-state index is 14.2. The average Bonchev–Trinajstić information content (AvgIpc) is 2.93. The molecule has 1 aromatic carbocycles. The molecule has 0 N–H and O–H groups in total. The number of anilines is 1. The van der Waals surface area contributed by atoms with Crippen LogP contribution in [0.1, 0.15) is 81.3 Å². The van der Waals surface area contributed by atoms with Gasteiger partial charge in [0.05, 0.1) is 6.07 Å². The van der Waals surface area contributed by atoms with Gasteiger partial charge in [-0.2, -0.15) is 5.26 Å². The normalized spacial score (nSPS) is 18.2. The molecule has 0 unspecified atom stereocenters. The number of hydrogen-bond acceptors (Lipinski definition) is 6. The topological polar surface area (TPSA) is 97.9 Å². The lowest BCUT2D eigenvalue weighted by atomic mass is 9.90. The molecule has 0 atom stereocenters. The molecule has 1 saturated heterocycles. The third-order valence-electron chi connectivity index (χ3n) is 8.95. The van der Waals surface area contributed by atoms with Crippen LogP contribution in [0.3, 0.4) is 0 Å². The smallest absolute Gasteiger partial charge is 0.349 e. The minimum Gasteiger partial charge on any atom is -0.422 e. The van der Waals surface area contributed by atoms with Crippen LogP contribution in [-0.2, 0) is 17.4 Å². The van der Waals surface area contributed by atoms with Gasteiger partial charge in [0.1, 0.15) is 11.1 Å². The van der Waals surface area contributed by atoms with Gasteiger partial charge in [0.15, 0.2) is 7.29 Å². The number of likely N-dealkylation sites (tertiary alicyclic amines) is 1. The standard InChI is InChI=1S/C30H41N4O4P/c1-20(2)39(37,21(3)4)34(15-7-12-31)24-10-16-33(17-11-24)29(35)26-19-23-18-22-8-5-13-32-14-6-9-25(27(22)32)28(23)38-30(26)36/h18-21,24H,5-11,13-17H2,1-4H3. The van der Waals surface area contributed by atoms with E-state index in [4.69, 9.17) is 4.42 Å². The largest absolute Gasteiger partial charge is 0.422 e. The Kier molecular flexibility index (Phi) is 7.95. The van der Waals surface area contributed by atoms with Crippen LogP contribution in [0.25, 0.3) is 11.0 Å². The number of hydrogen-bond donors (Lipinski definition) is 0. The van der Waals surface area contributed by atoms with Gasteiger partial charge in [0.25, 0.3) is 5.91 Å². The molecular weight excluding hydrogens is 511 g/mol. The number of aryl methyl sites for hydroxylation is 2. The molecule has 0 radical (unpaired) electrons. The van der Waals surface area contributed by atoms with Crippen LogP contribution in [0.4, 0.5) is 5.69 Å². The van der Waals surface area contributed by atoms with E-state index >= 15 is 0 Å². The average molecular weight is 553 g/mol. The monoisotopic (exact) mass is 552 g/mol. The molecule has 9 heteroatoms. The summed E-state index contributed by atoms with van der Waals surface area (Å²) in [6.45, 7) is 11.5. The van der Waals surface area contributed by atoms with Crippen LogP contribution in [0.15, 0.2) is 21.3 Å². The van der Waals surface area contributed by atoms with Crippen molar-refractivity contribution in [3.8, 4) is 6.07 Å². The van der Waals surface area contributed by atoms with Gasteiger partial charge in [-0.05, 0) is 56.2 Å². The van der Waals surface area contributed by atoms with Gasteiger partial charge in [-0.3, -0.25) is 4.79 Å². The Labute approximate surface area is 231 Å². The SMILES string of the molecule is CC(C)P(=O)(C(C)C)N(CCC#N)C1CCN(C(=O)c2cc3cc4c5c(c3oc2=O)CCCN5CCC4)CC1. The van der Waals surface area contributed by atoms with Crippen molar-refractivity contribution in [2.45, 2.75) is 90.0 Å². The molecule has 0 aliphatic carbocycles. The minimum absolute atomic E-state index is 0.0128. The van der Waals surface area contributed by atoms with Crippen molar-refractivity contribution in [3.63, 3.8) is 0 Å². The molecule has 0 spiro atoms. The highest BCUT2D eigenvalue weighted by Crippen LogP contribution is 2.59. The van der Waals surface area contributed by atoms with Crippen molar-refractivity contribution in [1.29, 1.82) is 5.26 Å². The van der Waals surface area contributed by atoms with Gasteiger partial charge in [-0.1, -0.05) is 27.7 Å². The number of nitriles is 1. The molecular formula is C30H41N4O4P. The first-order valence-electron chi connectivity index (χ1n) is 14.6. The molecule has 3 aliphatic heterocycles. The first-order valence-corrected chi connectivity index (χ1v) is 16.4. The molecule has 8 nitrogen and oxygen atoms in total. The van der Waals surface area contributed by atoms with Crippen LogP contribution >= 0.6 is 7.29 Å². The molecule has 4 heterocycles. The maximum absolute atomic E-state index is 14.2. The van der Waals surface area contributed by atoms with E-state index in [1.54, 1.807) is 11.0 Å². The van der Waals surface area contributed by atoms with E-state index in [2.05, 4.69) is 21.7 Å². The quantitative estimate of drug-likeness (QED) is 0.335. The second-order valence-corrected chi connectivity index (χ2v) is 15.8. The van der Waals surface area contributed by atoms with Crippen molar-refractivity contribution in [1.82, 2.24) is 9.57 Å². The Morgan fingerprint density at radius 2 is 1.77 bits per heavy atom. The lowest BCUT2D eigenvalue weighted by molar-refractivity contribution is 0.0673. The van der Waals surface area contributed by atoms with Crippen LogP contribution in [0, 0.1) is 11.3 Å². The van der Waals surface area contributed by atoms with Crippen molar-refractivity contribution >= 4 is 29.9 Å². The lowest BCUT2D eigenvalue weighted by Gasteiger charge is -2.45. The highest BCUT2D eigenvalue weighted by molar-refractivity contribution is 7.62. The van der Waals surface area contributed by atoms with Crippen LogP contribution in [0.2, 0.25) is 0 Å². The summed E-state index contributed by atoms with van der Waals surface area (Å²) in [6.07, 6.45) is 5.69. The number of carbonyl (C=O) groups is 1. The number of fused-ring (bicyclic) bond motifs is 2. The van der Waals surface area contributed by atoms with Crippen LogP contribution in [-0.4, -0.2) is 65.6 Å². The predicted molar refractivity (Wildman–Crippen MR) is 155 cm³/mol. The van der Waals surface area contributed by atoms with E-state index in [9.17, 15) is 19.4 Å². The van der Waals surface area contributed by atoms with E-state index < -0.39 is 12.9 Å². The number of piperidine rings is 1. The van der Waals surface area contributed by atoms with E-state index in [1.807, 2.05) is 27.7 Å². The van der Waals surface area contributed by atoms with Gasteiger partial charge in [-0.15, -0.1) is 0 Å². The number of amides is 1. The highest BCUT2D eigenvalue weighted by atomic mass is 31.2. The molecule has 39 heavy (non-hydrogen) atoms. The minimum atomic E-state index is -2.72. The molecule has 5 rings (SSSR count). The zero-order valence-electron chi connectivity index (χ0n) is 23.7. The van der Waals surface area contributed by atoms with E-state index in [-0.39, 0.29) is 28.8 Å². The number of rotatable bonds is 7. The molecule has 2 aromatic rings. The number of benzene rings is 1. The molecule has 3 aliphatic rings. The Morgan fingerprint density at radius 1 is 1.10 bits per heavy atom. The van der Waals surface area contributed by atoms with E-state index in [1.165, 1.54) is 11.3 Å².